The molecule has 0 spiro atoms. The summed E-state index contributed by atoms with van der Waals surface area (Å²) in [6, 6.07) is 2.65. The molecule has 0 saturated carbocycles. The molecule has 1 rings (SSSR count). The predicted octanol–water partition coefficient (Wildman–Crippen LogP) is 1.30. The van der Waals surface area contributed by atoms with Crippen molar-refractivity contribution in [2.45, 2.75) is 19.4 Å². The molecule has 7 heteroatoms. The summed E-state index contributed by atoms with van der Waals surface area (Å²) in [7, 11) is 0. The van der Waals surface area contributed by atoms with Crippen LogP contribution in [0.5, 0.6) is 0 Å². The Morgan fingerprint density at radius 3 is 2.39 bits per heavy atom. The number of hydrogen-bond donors (Lipinski definition) is 4. The van der Waals surface area contributed by atoms with E-state index >= 15 is 0 Å². The quantitative estimate of drug-likeness (QED) is 0.616. The normalized spacial score (nSPS) is 11.1. The fourth-order valence-electron chi connectivity index (χ4n) is 1.30. The zero-order valence-electron chi connectivity index (χ0n) is 9.95. The zero-order chi connectivity index (χ0) is 14.1. The first-order valence-corrected chi connectivity index (χ1v) is 5.43. The highest BCUT2D eigenvalue weighted by atomic mass is 35.5. The maximum absolute atomic E-state index is 11.2. The maximum atomic E-state index is 11.2. The number of nitrogens with two attached hydrogens (primary N) is 2. The number of anilines is 2. The van der Waals surface area contributed by atoms with Crippen LogP contribution in [0.15, 0.2) is 12.1 Å². The van der Waals surface area contributed by atoms with Gasteiger partial charge in [-0.15, -0.1) is 0 Å². The summed E-state index contributed by atoms with van der Waals surface area (Å²) in [6.07, 6.45) is 0. The molecule has 0 bridgehead atoms. The van der Waals surface area contributed by atoms with Crippen LogP contribution in [0.2, 0.25) is 5.02 Å². The minimum absolute atomic E-state index is 0.113. The van der Waals surface area contributed by atoms with Gasteiger partial charge in [-0.1, -0.05) is 11.6 Å². The maximum Gasteiger partial charge on any atom is 0.337 e. The lowest BCUT2D eigenvalue weighted by atomic mass is 10.0. The Kier molecular flexibility index (Phi) is 3.71. The predicted molar refractivity (Wildman–Crippen MR) is 69.7 cm³/mol. The number of benzene rings is 1. The molecule has 0 atom stereocenters. The number of halogens is 1. The Morgan fingerprint density at radius 2 is 1.94 bits per heavy atom. The van der Waals surface area contributed by atoms with Gasteiger partial charge in [-0.3, -0.25) is 4.79 Å². The van der Waals surface area contributed by atoms with Crippen molar-refractivity contribution in [3.8, 4) is 0 Å². The largest absolute Gasteiger partial charge is 0.478 e. The summed E-state index contributed by atoms with van der Waals surface area (Å²) in [4.78, 5) is 22.3. The van der Waals surface area contributed by atoms with E-state index in [1.165, 1.54) is 26.0 Å². The number of primary amides is 1. The lowest BCUT2D eigenvalue weighted by Crippen LogP contribution is -2.45. The number of hydrogen-bond acceptors (Lipinski definition) is 4. The van der Waals surface area contributed by atoms with Crippen LogP contribution in [-0.4, -0.2) is 22.5 Å². The van der Waals surface area contributed by atoms with E-state index in [2.05, 4.69) is 5.32 Å². The van der Waals surface area contributed by atoms with E-state index in [1.807, 2.05) is 0 Å². The molecule has 0 saturated heterocycles. The van der Waals surface area contributed by atoms with E-state index in [4.69, 9.17) is 28.2 Å². The molecule has 1 aromatic rings. The molecule has 0 aliphatic carbocycles. The van der Waals surface area contributed by atoms with E-state index in [0.29, 0.717) is 0 Å². The molecule has 1 aromatic carbocycles. The summed E-state index contributed by atoms with van der Waals surface area (Å²) >= 11 is 5.93. The zero-order valence-corrected chi connectivity index (χ0v) is 10.7. The molecule has 0 fully saturated rings. The summed E-state index contributed by atoms with van der Waals surface area (Å²) in [5, 5.41) is 11.9. The first-order valence-electron chi connectivity index (χ1n) is 5.05. The number of nitrogen functional groups attached to an aromatic ring is 1. The molecular weight excluding hydrogens is 258 g/mol. The number of rotatable bonds is 4. The third-order valence-corrected chi connectivity index (χ3v) is 2.69. The molecule has 6 N–H and O–H groups in total. The molecule has 0 unspecified atom stereocenters. The molecule has 0 aliphatic heterocycles. The fourth-order valence-corrected chi connectivity index (χ4v) is 1.57. The molecular formula is C11H14ClN3O3. The summed E-state index contributed by atoms with van der Waals surface area (Å²) in [5.41, 5.74) is 9.81. The molecule has 18 heavy (non-hydrogen) atoms. The Balaban J connectivity index is 3.32. The second-order valence-electron chi connectivity index (χ2n) is 4.34. The van der Waals surface area contributed by atoms with Crippen molar-refractivity contribution < 1.29 is 14.7 Å². The van der Waals surface area contributed by atoms with Gasteiger partial charge in [0.2, 0.25) is 5.91 Å². The van der Waals surface area contributed by atoms with E-state index in [9.17, 15) is 9.59 Å². The molecule has 0 radical (unpaired) electrons. The lowest BCUT2D eigenvalue weighted by molar-refractivity contribution is -0.121. The first-order chi connectivity index (χ1) is 8.15. The standard InChI is InChI=1S/C11H14ClN3O3/c1-11(2,10(14)18)15-8-6(9(16)17)3-5(13)4-7(8)12/h3-4,15H,13H2,1-2H3,(H2,14,18)(H,16,17). The summed E-state index contributed by atoms with van der Waals surface area (Å²) < 4.78 is 0. The number of carboxylic acids is 1. The topological polar surface area (TPSA) is 118 Å². The van der Waals surface area contributed by atoms with Crippen LogP contribution in [0.3, 0.4) is 0 Å². The molecule has 0 aliphatic rings. The van der Waals surface area contributed by atoms with Gasteiger partial charge in [0.1, 0.15) is 5.54 Å². The smallest absolute Gasteiger partial charge is 0.337 e. The van der Waals surface area contributed by atoms with Crippen molar-refractivity contribution in [2.24, 2.45) is 5.73 Å². The number of carbonyl (C=O) groups excluding carboxylic acids is 1. The third-order valence-electron chi connectivity index (χ3n) is 2.40. The number of carboxylic acid groups (broad SMARTS) is 1. The average molecular weight is 272 g/mol. The first kappa shape index (κ1) is 14.1. The van der Waals surface area contributed by atoms with Crippen molar-refractivity contribution in [3.05, 3.63) is 22.7 Å². The monoisotopic (exact) mass is 271 g/mol. The molecule has 1 amide bonds. The van der Waals surface area contributed by atoms with Crippen molar-refractivity contribution in [1.29, 1.82) is 0 Å². The van der Waals surface area contributed by atoms with E-state index < -0.39 is 17.4 Å². The van der Waals surface area contributed by atoms with E-state index in [-0.39, 0.29) is 22.0 Å². The number of nitrogens with one attached hydrogen (secondary N) is 1. The van der Waals surface area contributed by atoms with Crippen LogP contribution >= 0.6 is 11.6 Å². The second-order valence-corrected chi connectivity index (χ2v) is 4.75. The van der Waals surface area contributed by atoms with Crippen molar-refractivity contribution in [1.82, 2.24) is 0 Å². The van der Waals surface area contributed by atoms with Gasteiger partial charge in [-0.05, 0) is 26.0 Å². The van der Waals surface area contributed by atoms with Gasteiger partial charge >= 0.3 is 5.97 Å². The Labute approximate surface area is 109 Å². The highest BCUT2D eigenvalue weighted by Gasteiger charge is 2.27. The SMILES string of the molecule is CC(C)(Nc1c(Cl)cc(N)cc1C(=O)O)C(N)=O. The van der Waals surface area contributed by atoms with Gasteiger partial charge < -0.3 is 21.9 Å². The van der Waals surface area contributed by atoms with Gasteiger partial charge in [-0.25, -0.2) is 4.79 Å². The van der Waals surface area contributed by atoms with Gasteiger partial charge in [0.15, 0.2) is 0 Å². The van der Waals surface area contributed by atoms with Crippen LogP contribution in [-0.2, 0) is 4.79 Å². The second kappa shape index (κ2) is 4.73. The van der Waals surface area contributed by atoms with Crippen LogP contribution in [0.1, 0.15) is 24.2 Å². The van der Waals surface area contributed by atoms with Crippen LogP contribution in [0.25, 0.3) is 0 Å². The molecule has 98 valence electrons. The Bertz CT molecular complexity index is 515. The highest BCUT2D eigenvalue weighted by Crippen LogP contribution is 2.31. The number of amides is 1. The number of aromatic carboxylic acids is 1. The van der Waals surface area contributed by atoms with Gasteiger partial charge in [-0.2, -0.15) is 0 Å². The van der Waals surface area contributed by atoms with Gasteiger partial charge in [0.25, 0.3) is 0 Å². The molecule has 0 aromatic heterocycles. The Morgan fingerprint density at radius 1 is 1.39 bits per heavy atom. The average Bonchev–Trinajstić information content (AvgIpc) is 2.21. The fraction of sp³-hybridized carbons (Fsp3) is 0.273. The van der Waals surface area contributed by atoms with Crippen molar-refractivity contribution in [3.63, 3.8) is 0 Å². The molecule has 0 heterocycles. The summed E-state index contributed by atoms with van der Waals surface area (Å²) in [6.45, 7) is 3.04. The highest BCUT2D eigenvalue weighted by molar-refractivity contribution is 6.34. The van der Waals surface area contributed by atoms with E-state index in [0.717, 1.165) is 0 Å². The third kappa shape index (κ3) is 2.84. The van der Waals surface area contributed by atoms with Crippen molar-refractivity contribution in [2.75, 3.05) is 11.1 Å². The summed E-state index contributed by atoms with van der Waals surface area (Å²) in [5.74, 6) is -1.83. The Hall–Kier alpha value is -1.95. The number of carbonyl (C=O) groups is 2. The minimum Gasteiger partial charge on any atom is -0.478 e. The van der Waals surface area contributed by atoms with Crippen LogP contribution in [0, 0.1) is 0 Å². The lowest BCUT2D eigenvalue weighted by Gasteiger charge is -2.25. The van der Waals surface area contributed by atoms with Crippen LogP contribution < -0.4 is 16.8 Å². The van der Waals surface area contributed by atoms with Gasteiger partial charge in [0, 0.05) is 5.69 Å². The minimum atomic E-state index is -1.20. The van der Waals surface area contributed by atoms with Crippen molar-refractivity contribution >= 4 is 34.9 Å². The van der Waals surface area contributed by atoms with Crippen LogP contribution in [0.4, 0.5) is 11.4 Å². The molecule has 6 nitrogen and oxygen atoms in total. The van der Waals surface area contributed by atoms with E-state index in [1.54, 1.807) is 0 Å². The van der Waals surface area contributed by atoms with Gasteiger partial charge in [0.05, 0.1) is 16.3 Å².